The number of urea groups is 1. The summed E-state index contributed by atoms with van der Waals surface area (Å²) in [5, 5.41) is 5.45. The fraction of sp³-hybridized carbons (Fsp3) is 0.533. The molecule has 0 aromatic heterocycles. The SMILES string of the molecule is O=C(NCCc1ccc2c(c1)OCCO2)N[C@@H]1CCS(=O)(=O)C1. The number of amides is 2. The summed E-state index contributed by atoms with van der Waals surface area (Å²) < 4.78 is 33.7. The van der Waals surface area contributed by atoms with Gasteiger partial charge in [-0.25, -0.2) is 13.2 Å². The van der Waals surface area contributed by atoms with Gasteiger partial charge in [0, 0.05) is 12.6 Å². The van der Waals surface area contributed by atoms with Crippen LogP contribution in [0.2, 0.25) is 0 Å². The lowest BCUT2D eigenvalue weighted by Crippen LogP contribution is -2.43. The molecule has 0 unspecified atom stereocenters. The van der Waals surface area contributed by atoms with Crippen molar-refractivity contribution >= 4 is 15.9 Å². The van der Waals surface area contributed by atoms with Gasteiger partial charge in [0.15, 0.2) is 21.3 Å². The van der Waals surface area contributed by atoms with Gasteiger partial charge in [-0.3, -0.25) is 0 Å². The summed E-state index contributed by atoms with van der Waals surface area (Å²) in [6, 6.07) is 5.11. The monoisotopic (exact) mass is 340 g/mol. The lowest BCUT2D eigenvalue weighted by atomic mass is 10.1. The number of hydrogen-bond donors (Lipinski definition) is 2. The van der Waals surface area contributed by atoms with Gasteiger partial charge >= 0.3 is 6.03 Å². The molecule has 126 valence electrons. The Labute approximate surface area is 135 Å². The second-order valence-corrected chi connectivity index (χ2v) is 7.96. The average Bonchev–Trinajstić information content (AvgIpc) is 2.86. The molecule has 2 amide bonds. The molecule has 8 heteroatoms. The van der Waals surface area contributed by atoms with Crippen LogP contribution in [0.15, 0.2) is 18.2 Å². The predicted molar refractivity (Wildman–Crippen MR) is 84.7 cm³/mol. The van der Waals surface area contributed by atoms with Crippen LogP contribution in [0.3, 0.4) is 0 Å². The Morgan fingerprint density at radius 2 is 2.00 bits per heavy atom. The maximum Gasteiger partial charge on any atom is 0.315 e. The lowest BCUT2D eigenvalue weighted by Gasteiger charge is -2.19. The number of carbonyl (C=O) groups is 1. The number of fused-ring (bicyclic) bond motifs is 1. The van der Waals surface area contributed by atoms with E-state index < -0.39 is 9.84 Å². The second kappa shape index (κ2) is 6.66. The Kier molecular flexibility index (Phi) is 4.61. The molecule has 2 heterocycles. The number of hydrogen-bond acceptors (Lipinski definition) is 5. The van der Waals surface area contributed by atoms with Crippen molar-refractivity contribution in [1.29, 1.82) is 0 Å². The van der Waals surface area contributed by atoms with Gasteiger partial charge in [0.2, 0.25) is 0 Å². The molecule has 2 N–H and O–H groups in total. The molecule has 1 atom stereocenters. The molecular weight excluding hydrogens is 320 g/mol. The highest BCUT2D eigenvalue weighted by Crippen LogP contribution is 2.30. The highest BCUT2D eigenvalue weighted by Gasteiger charge is 2.28. The first-order valence-electron chi connectivity index (χ1n) is 7.65. The summed E-state index contributed by atoms with van der Waals surface area (Å²) in [7, 11) is -2.98. The highest BCUT2D eigenvalue weighted by atomic mass is 32.2. The average molecular weight is 340 g/mol. The molecule has 3 rings (SSSR count). The van der Waals surface area contributed by atoms with Gasteiger partial charge in [-0.1, -0.05) is 6.07 Å². The lowest BCUT2D eigenvalue weighted by molar-refractivity contribution is 0.171. The van der Waals surface area contributed by atoms with Gasteiger partial charge < -0.3 is 20.1 Å². The molecule has 1 fully saturated rings. The molecule has 23 heavy (non-hydrogen) atoms. The van der Waals surface area contributed by atoms with Crippen LogP contribution in [0.4, 0.5) is 4.79 Å². The Balaban J connectivity index is 1.43. The molecule has 1 aromatic carbocycles. The summed E-state index contributed by atoms with van der Waals surface area (Å²) in [5.41, 5.74) is 1.04. The number of nitrogens with one attached hydrogen (secondary N) is 2. The standard InChI is InChI=1S/C15H20N2O5S/c18-15(17-12-4-8-23(19,20)10-12)16-5-3-11-1-2-13-14(9-11)22-7-6-21-13/h1-2,9,12H,3-8,10H2,(H2,16,17,18)/t12-/m1/s1. The number of rotatable bonds is 4. The quantitative estimate of drug-likeness (QED) is 0.832. The minimum absolute atomic E-state index is 0.0303. The molecule has 2 aliphatic heterocycles. The third-order valence-electron chi connectivity index (χ3n) is 3.87. The van der Waals surface area contributed by atoms with Gasteiger partial charge in [0.25, 0.3) is 0 Å². The molecule has 0 radical (unpaired) electrons. The summed E-state index contributed by atoms with van der Waals surface area (Å²) in [5.74, 6) is 1.65. The van der Waals surface area contributed by atoms with Crippen molar-refractivity contribution in [3.63, 3.8) is 0 Å². The third kappa shape index (κ3) is 4.28. The van der Waals surface area contributed by atoms with E-state index in [9.17, 15) is 13.2 Å². The van der Waals surface area contributed by atoms with Gasteiger partial charge in [-0.05, 0) is 30.5 Å². The zero-order valence-corrected chi connectivity index (χ0v) is 13.5. The van der Waals surface area contributed by atoms with Crippen LogP contribution in [0.25, 0.3) is 0 Å². The van der Waals surface area contributed by atoms with E-state index in [0.29, 0.717) is 32.6 Å². The molecular formula is C15H20N2O5S. The number of benzene rings is 1. The fourth-order valence-corrected chi connectivity index (χ4v) is 4.38. The smallest absolute Gasteiger partial charge is 0.315 e. The van der Waals surface area contributed by atoms with E-state index in [1.54, 1.807) is 0 Å². The summed E-state index contributed by atoms with van der Waals surface area (Å²) in [4.78, 5) is 11.8. The first-order valence-corrected chi connectivity index (χ1v) is 9.47. The molecule has 0 aliphatic carbocycles. The molecule has 0 bridgehead atoms. The number of sulfone groups is 1. The summed E-state index contributed by atoms with van der Waals surface area (Å²) in [6.45, 7) is 1.57. The normalized spacial score (nSPS) is 21.7. The molecule has 7 nitrogen and oxygen atoms in total. The van der Waals surface area contributed by atoms with E-state index >= 15 is 0 Å². The van der Waals surface area contributed by atoms with Crippen LogP contribution >= 0.6 is 0 Å². The van der Waals surface area contributed by atoms with Crippen molar-refractivity contribution in [1.82, 2.24) is 10.6 Å². The first kappa shape index (κ1) is 15.9. The minimum atomic E-state index is -2.98. The van der Waals surface area contributed by atoms with Gasteiger partial charge in [-0.2, -0.15) is 0 Å². The van der Waals surface area contributed by atoms with Crippen molar-refractivity contribution in [3.8, 4) is 11.5 Å². The zero-order valence-electron chi connectivity index (χ0n) is 12.7. The van der Waals surface area contributed by atoms with E-state index in [4.69, 9.17) is 9.47 Å². The molecule has 2 aliphatic rings. The van der Waals surface area contributed by atoms with Crippen LogP contribution < -0.4 is 20.1 Å². The summed E-state index contributed by atoms with van der Waals surface area (Å²) in [6.07, 6.45) is 1.14. The maximum absolute atomic E-state index is 11.8. The minimum Gasteiger partial charge on any atom is -0.486 e. The summed E-state index contributed by atoms with van der Waals surface area (Å²) >= 11 is 0. The fourth-order valence-electron chi connectivity index (χ4n) is 2.71. The van der Waals surface area contributed by atoms with Crippen molar-refractivity contribution in [2.24, 2.45) is 0 Å². The third-order valence-corrected chi connectivity index (χ3v) is 5.64. The Morgan fingerprint density at radius 1 is 1.22 bits per heavy atom. The zero-order chi connectivity index (χ0) is 16.3. The molecule has 1 aromatic rings. The Bertz CT molecular complexity index is 689. The van der Waals surface area contributed by atoms with E-state index in [1.165, 1.54) is 0 Å². The van der Waals surface area contributed by atoms with E-state index in [2.05, 4.69) is 10.6 Å². The van der Waals surface area contributed by atoms with E-state index in [-0.39, 0.29) is 23.6 Å². The topological polar surface area (TPSA) is 93.7 Å². The molecule has 0 saturated carbocycles. The maximum atomic E-state index is 11.8. The second-order valence-electron chi connectivity index (χ2n) is 5.73. The van der Waals surface area contributed by atoms with Crippen LogP contribution in [0.5, 0.6) is 11.5 Å². The van der Waals surface area contributed by atoms with Crippen molar-refractivity contribution in [2.75, 3.05) is 31.3 Å². The van der Waals surface area contributed by atoms with Crippen LogP contribution in [-0.4, -0.2) is 51.8 Å². The van der Waals surface area contributed by atoms with Gasteiger partial charge in [0.1, 0.15) is 13.2 Å². The van der Waals surface area contributed by atoms with Crippen molar-refractivity contribution < 1.29 is 22.7 Å². The van der Waals surface area contributed by atoms with E-state index in [0.717, 1.165) is 17.1 Å². The van der Waals surface area contributed by atoms with Crippen molar-refractivity contribution in [2.45, 2.75) is 18.9 Å². The predicted octanol–water partition coefficient (Wildman–Crippen LogP) is 0.487. The van der Waals surface area contributed by atoms with Crippen molar-refractivity contribution in [3.05, 3.63) is 23.8 Å². The highest BCUT2D eigenvalue weighted by molar-refractivity contribution is 7.91. The number of ether oxygens (including phenoxy) is 2. The molecule has 1 saturated heterocycles. The first-order chi connectivity index (χ1) is 11.0. The van der Waals surface area contributed by atoms with Crippen LogP contribution in [-0.2, 0) is 16.3 Å². The van der Waals surface area contributed by atoms with Gasteiger partial charge in [-0.15, -0.1) is 0 Å². The number of carbonyl (C=O) groups excluding carboxylic acids is 1. The van der Waals surface area contributed by atoms with Crippen LogP contribution in [0, 0.1) is 0 Å². The Morgan fingerprint density at radius 3 is 2.74 bits per heavy atom. The largest absolute Gasteiger partial charge is 0.486 e. The van der Waals surface area contributed by atoms with Gasteiger partial charge in [0.05, 0.1) is 11.5 Å². The van der Waals surface area contributed by atoms with Crippen LogP contribution in [0.1, 0.15) is 12.0 Å². The molecule has 0 spiro atoms. The Hall–Kier alpha value is -1.96. The van der Waals surface area contributed by atoms with E-state index in [1.807, 2.05) is 18.2 Å².